The summed E-state index contributed by atoms with van der Waals surface area (Å²) in [5, 5.41) is 4.89. The predicted octanol–water partition coefficient (Wildman–Crippen LogP) is 3.19. The summed E-state index contributed by atoms with van der Waals surface area (Å²) in [4.78, 5) is 8.07. The molecule has 19 heavy (non-hydrogen) atoms. The molecule has 3 aromatic rings. The number of aromatic nitrogens is 2. The van der Waals surface area contributed by atoms with Crippen LogP contribution < -0.4 is 5.32 Å². The van der Waals surface area contributed by atoms with Crippen molar-refractivity contribution in [1.29, 1.82) is 0 Å². The minimum absolute atomic E-state index is 0.0765. The first-order valence-electron chi connectivity index (χ1n) is 5.89. The molecular formula is C14H12ClN3O. The Bertz CT molecular complexity index is 696. The summed E-state index contributed by atoms with van der Waals surface area (Å²) in [6.07, 6.45) is 5.05. The van der Waals surface area contributed by atoms with Crippen LogP contribution in [-0.4, -0.2) is 17.0 Å². The third kappa shape index (κ3) is 2.32. The van der Waals surface area contributed by atoms with Crippen molar-refractivity contribution in [1.82, 2.24) is 15.3 Å². The molecule has 96 valence electrons. The first-order valence-corrected chi connectivity index (χ1v) is 6.27. The van der Waals surface area contributed by atoms with E-state index in [0.29, 0.717) is 5.02 Å². The molecule has 0 aliphatic rings. The molecule has 1 atom stereocenters. The smallest absolute Gasteiger partial charge is 0.134 e. The monoisotopic (exact) mass is 273 g/mol. The number of fused-ring (bicyclic) bond motifs is 1. The van der Waals surface area contributed by atoms with Gasteiger partial charge in [-0.15, -0.1) is 0 Å². The zero-order chi connectivity index (χ0) is 13.2. The quantitative estimate of drug-likeness (QED) is 0.796. The number of benzene rings is 1. The molecule has 1 aromatic carbocycles. The molecule has 0 fully saturated rings. The van der Waals surface area contributed by atoms with E-state index >= 15 is 0 Å². The second kappa shape index (κ2) is 4.99. The number of nitrogens with zero attached hydrogens (tertiary/aromatic N) is 2. The second-order valence-corrected chi connectivity index (χ2v) is 4.66. The van der Waals surface area contributed by atoms with E-state index < -0.39 is 0 Å². The summed E-state index contributed by atoms with van der Waals surface area (Å²) < 4.78 is 5.85. The lowest BCUT2D eigenvalue weighted by molar-refractivity contribution is 0.490. The topological polar surface area (TPSA) is 51.0 Å². The summed E-state index contributed by atoms with van der Waals surface area (Å²) >= 11 is 5.98. The Morgan fingerprint density at radius 3 is 2.74 bits per heavy atom. The molecule has 0 aliphatic carbocycles. The van der Waals surface area contributed by atoms with E-state index in [1.807, 2.05) is 31.3 Å². The minimum Gasteiger partial charge on any atom is -0.459 e. The van der Waals surface area contributed by atoms with E-state index in [1.54, 1.807) is 12.4 Å². The van der Waals surface area contributed by atoms with Gasteiger partial charge in [0.15, 0.2) is 0 Å². The zero-order valence-electron chi connectivity index (χ0n) is 10.3. The molecule has 0 saturated carbocycles. The minimum atomic E-state index is -0.0765. The standard InChI is InChI=1S/C14H12ClN3O/c1-16-14(10-6-17-8-18-7-10)13-5-9-4-11(15)2-3-12(9)19-13/h2-8,14,16H,1H3. The highest BCUT2D eigenvalue weighted by Gasteiger charge is 2.17. The van der Waals surface area contributed by atoms with Crippen molar-refractivity contribution in [3.63, 3.8) is 0 Å². The van der Waals surface area contributed by atoms with E-state index in [0.717, 1.165) is 22.3 Å². The normalized spacial score (nSPS) is 12.7. The van der Waals surface area contributed by atoms with Crippen LogP contribution in [0.2, 0.25) is 5.02 Å². The maximum absolute atomic E-state index is 5.98. The van der Waals surface area contributed by atoms with Gasteiger partial charge in [0.2, 0.25) is 0 Å². The van der Waals surface area contributed by atoms with Gasteiger partial charge >= 0.3 is 0 Å². The SMILES string of the molecule is CNC(c1cncnc1)c1cc2cc(Cl)ccc2o1. The summed E-state index contributed by atoms with van der Waals surface area (Å²) in [6, 6.07) is 7.48. The van der Waals surface area contributed by atoms with Gasteiger partial charge in [-0.05, 0) is 31.3 Å². The number of halogens is 1. The van der Waals surface area contributed by atoms with Crippen LogP contribution in [-0.2, 0) is 0 Å². The molecule has 0 spiro atoms. The summed E-state index contributed by atoms with van der Waals surface area (Å²) in [5.41, 5.74) is 1.77. The van der Waals surface area contributed by atoms with E-state index in [4.69, 9.17) is 16.0 Å². The van der Waals surface area contributed by atoms with Crippen LogP contribution in [0.15, 0.2) is 47.4 Å². The average molecular weight is 274 g/mol. The maximum atomic E-state index is 5.98. The third-order valence-corrected chi connectivity index (χ3v) is 3.22. The third-order valence-electron chi connectivity index (χ3n) is 2.98. The van der Waals surface area contributed by atoms with Crippen molar-refractivity contribution in [2.45, 2.75) is 6.04 Å². The zero-order valence-corrected chi connectivity index (χ0v) is 11.1. The van der Waals surface area contributed by atoms with E-state index in [1.165, 1.54) is 6.33 Å². The van der Waals surface area contributed by atoms with Gasteiger partial charge in [0.25, 0.3) is 0 Å². The van der Waals surface area contributed by atoms with E-state index in [-0.39, 0.29) is 6.04 Å². The number of nitrogens with one attached hydrogen (secondary N) is 1. The first kappa shape index (κ1) is 12.1. The summed E-state index contributed by atoms with van der Waals surface area (Å²) in [6.45, 7) is 0. The van der Waals surface area contributed by atoms with Crippen LogP contribution in [0.3, 0.4) is 0 Å². The van der Waals surface area contributed by atoms with E-state index in [9.17, 15) is 0 Å². The van der Waals surface area contributed by atoms with Gasteiger partial charge in [-0.1, -0.05) is 11.6 Å². The predicted molar refractivity (Wildman–Crippen MR) is 74.2 cm³/mol. The Kier molecular flexibility index (Phi) is 3.19. The first-order chi connectivity index (χ1) is 9.28. The fourth-order valence-electron chi connectivity index (χ4n) is 2.11. The van der Waals surface area contributed by atoms with Crippen molar-refractivity contribution in [2.75, 3.05) is 7.05 Å². The van der Waals surface area contributed by atoms with Crippen molar-refractivity contribution in [3.05, 3.63) is 59.3 Å². The molecular weight excluding hydrogens is 262 g/mol. The Morgan fingerprint density at radius 1 is 1.21 bits per heavy atom. The highest BCUT2D eigenvalue weighted by atomic mass is 35.5. The Morgan fingerprint density at radius 2 is 2.00 bits per heavy atom. The Balaban J connectivity index is 2.07. The molecule has 0 aliphatic heterocycles. The maximum Gasteiger partial charge on any atom is 0.134 e. The number of furan rings is 1. The van der Waals surface area contributed by atoms with Gasteiger partial charge in [0, 0.05) is 28.4 Å². The van der Waals surface area contributed by atoms with Gasteiger partial charge in [0.1, 0.15) is 17.7 Å². The fraction of sp³-hybridized carbons (Fsp3) is 0.143. The summed E-state index contributed by atoms with van der Waals surface area (Å²) in [7, 11) is 1.87. The van der Waals surface area contributed by atoms with Gasteiger partial charge in [-0.3, -0.25) is 0 Å². The molecule has 2 heterocycles. The molecule has 0 bridgehead atoms. The lowest BCUT2D eigenvalue weighted by atomic mass is 10.1. The van der Waals surface area contributed by atoms with Gasteiger partial charge in [0.05, 0.1) is 6.04 Å². The molecule has 3 rings (SSSR count). The van der Waals surface area contributed by atoms with Crippen molar-refractivity contribution < 1.29 is 4.42 Å². The van der Waals surface area contributed by atoms with E-state index in [2.05, 4.69) is 15.3 Å². The second-order valence-electron chi connectivity index (χ2n) is 4.22. The lowest BCUT2D eigenvalue weighted by Gasteiger charge is -2.12. The van der Waals surface area contributed by atoms with Gasteiger partial charge in [-0.2, -0.15) is 0 Å². The van der Waals surface area contributed by atoms with Crippen LogP contribution in [0.4, 0.5) is 0 Å². The number of rotatable bonds is 3. The molecule has 1 unspecified atom stereocenters. The van der Waals surface area contributed by atoms with Crippen LogP contribution in [0.25, 0.3) is 11.0 Å². The molecule has 4 nitrogen and oxygen atoms in total. The highest BCUT2D eigenvalue weighted by molar-refractivity contribution is 6.31. The molecule has 1 N–H and O–H groups in total. The molecule has 0 radical (unpaired) electrons. The van der Waals surface area contributed by atoms with Crippen LogP contribution >= 0.6 is 11.6 Å². The Labute approximate surface area is 115 Å². The number of hydrogen-bond acceptors (Lipinski definition) is 4. The van der Waals surface area contributed by atoms with Crippen LogP contribution in [0, 0.1) is 0 Å². The van der Waals surface area contributed by atoms with Crippen molar-refractivity contribution >= 4 is 22.6 Å². The van der Waals surface area contributed by atoms with Crippen LogP contribution in [0.1, 0.15) is 17.4 Å². The summed E-state index contributed by atoms with van der Waals surface area (Å²) in [5.74, 6) is 0.814. The molecule has 5 heteroatoms. The lowest BCUT2D eigenvalue weighted by Crippen LogP contribution is -2.17. The van der Waals surface area contributed by atoms with Crippen LogP contribution in [0.5, 0.6) is 0 Å². The fourth-order valence-corrected chi connectivity index (χ4v) is 2.29. The largest absolute Gasteiger partial charge is 0.459 e. The van der Waals surface area contributed by atoms with Gasteiger partial charge < -0.3 is 9.73 Å². The molecule has 0 saturated heterocycles. The molecule has 0 amide bonds. The Hall–Kier alpha value is -1.91. The average Bonchev–Trinajstić information content (AvgIpc) is 2.83. The molecule has 2 aromatic heterocycles. The highest BCUT2D eigenvalue weighted by Crippen LogP contribution is 2.29. The number of hydrogen-bond donors (Lipinski definition) is 1. The van der Waals surface area contributed by atoms with Crippen molar-refractivity contribution in [3.8, 4) is 0 Å². The van der Waals surface area contributed by atoms with Gasteiger partial charge in [-0.25, -0.2) is 9.97 Å². The van der Waals surface area contributed by atoms with Crippen molar-refractivity contribution in [2.24, 2.45) is 0 Å².